The van der Waals surface area contributed by atoms with Gasteiger partial charge in [-0.05, 0) is 54.3 Å². The quantitative estimate of drug-likeness (QED) is 0.486. The fourth-order valence-electron chi connectivity index (χ4n) is 2.79. The fraction of sp³-hybridized carbons (Fsp3) is 0.238. The van der Waals surface area contributed by atoms with Gasteiger partial charge in [0.1, 0.15) is 11.6 Å². The van der Waals surface area contributed by atoms with E-state index in [0.29, 0.717) is 5.69 Å². The number of anilines is 2. The summed E-state index contributed by atoms with van der Waals surface area (Å²) in [4.78, 5) is 15.8. The molecule has 0 saturated carbocycles. The first-order valence-electron chi connectivity index (χ1n) is 8.69. The van der Waals surface area contributed by atoms with Crippen LogP contribution in [-0.4, -0.2) is 38.5 Å². The predicted molar refractivity (Wildman–Crippen MR) is 110 cm³/mol. The van der Waals surface area contributed by atoms with Crippen molar-refractivity contribution in [2.45, 2.75) is 4.90 Å². The Morgan fingerprint density at radius 3 is 2.41 bits per heavy atom. The van der Waals surface area contributed by atoms with Crippen LogP contribution >= 0.6 is 11.8 Å². The van der Waals surface area contributed by atoms with Crippen molar-refractivity contribution < 1.29 is 9.53 Å². The molecule has 0 radical (unpaired) electrons. The highest BCUT2D eigenvalue weighted by Gasteiger charge is 2.12. The summed E-state index contributed by atoms with van der Waals surface area (Å²) in [6.45, 7) is 3.18. The summed E-state index contributed by atoms with van der Waals surface area (Å²) >= 11 is 1.65. The molecule has 138 valence electrons. The van der Waals surface area contributed by atoms with Gasteiger partial charge in [0.25, 0.3) is 5.91 Å². The monoisotopic (exact) mass is 379 g/mol. The number of nitrogens with zero attached hydrogens (tertiary/aromatic N) is 2. The van der Waals surface area contributed by atoms with Crippen LogP contribution in [-0.2, 0) is 9.53 Å². The van der Waals surface area contributed by atoms with E-state index in [1.807, 2.05) is 60.9 Å². The molecule has 27 heavy (non-hydrogen) atoms. The molecule has 1 N–H and O–H groups in total. The Bertz CT molecular complexity index is 848. The molecule has 0 spiro atoms. The number of hydrogen-bond acceptors (Lipinski definition) is 5. The molecule has 1 amide bonds. The zero-order valence-electron chi connectivity index (χ0n) is 15.1. The third-order valence-corrected chi connectivity index (χ3v) is 5.04. The van der Waals surface area contributed by atoms with Crippen molar-refractivity contribution in [3.63, 3.8) is 0 Å². The summed E-state index contributed by atoms with van der Waals surface area (Å²) in [6, 6.07) is 17.4. The summed E-state index contributed by atoms with van der Waals surface area (Å²) < 4.78 is 5.36. The predicted octanol–water partition coefficient (Wildman–Crippen LogP) is 3.79. The molecular formula is C21H21N3O2S. The lowest BCUT2D eigenvalue weighted by Crippen LogP contribution is -2.36. The number of nitriles is 1. The molecule has 2 aromatic rings. The number of ether oxygens (including phenoxy) is 1. The van der Waals surface area contributed by atoms with Gasteiger partial charge in [-0.3, -0.25) is 4.79 Å². The summed E-state index contributed by atoms with van der Waals surface area (Å²) in [5.41, 5.74) is 2.66. The van der Waals surface area contributed by atoms with Crippen molar-refractivity contribution in [2.24, 2.45) is 0 Å². The van der Waals surface area contributed by atoms with Gasteiger partial charge in [-0.15, -0.1) is 11.8 Å². The molecule has 1 heterocycles. The molecule has 0 bridgehead atoms. The van der Waals surface area contributed by atoms with Crippen LogP contribution in [0.1, 0.15) is 5.56 Å². The standard InChI is InChI=1S/C21H21N3O2S/c1-27-20-8-2-16(3-9-20)14-17(15-22)21(25)23-18-4-6-19(7-5-18)24-10-12-26-13-11-24/h2-9,14H,10-13H2,1H3,(H,23,25)/b17-14+. The average Bonchev–Trinajstić information content (AvgIpc) is 2.73. The second-order valence-electron chi connectivity index (χ2n) is 6.04. The van der Waals surface area contributed by atoms with E-state index < -0.39 is 5.91 Å². The van der Waals surface area contributed by atoms with E-state index in [1.54, 1.807) is 17.8 Å². The minimum atomic E-state index is -0.412. The zero-order valence-corrected chi connectivity index (χ0v) is 16.0. The lowest BCUT2D eigenvalue weighted by molar-refractivity contribution is -0.112. The van der Waals surface area contributed by atoms with Gasteiger partial charge in [0.05, 0.1) is 13.2 Å². The molecule has 1 aliphatic heterocycles. The third-order valence-electron chi connectivity index (χ3n) is 4.29. The van der Waals surface area contributed by atoms with Crippen LogP contribution in [0.25, 0.3) is 6.08 Å². The Morgan fingerprint density at radius 2 is 1.81 bits per heavy atom. The van der Waals surface area contributed by atoms with Crippen LogP contribution in [0.5, 0.6) is 0 Å². The first kappa shape index (κ1) is 19.0. The third kappa shape index (κ3) is 5.13. The fourth-order valence-corrected chi connectivity index (χ4v) is 3.20. The zero-order chi connectivity index (χ0) is 19.1. The SMILES string of the molecule is CSc1ccc(/C=C(\C#N)C(=O)Nc2ccc(N3CCOCC3)cc2)cc1. The second-order valence-corrected chi connectivity index (χ2v) is 6.92. The number of thioether (sulfide) groups is 1. The maximum Gasteiger partial charge on any atom is 0.266 e. The summed E-state index contributed by atoms with van der Waals surface area (Å²) in [6.07, 6.45) is 3.60. The Hall–Kier alpha value is -2.75. The van der Waals surface area contributed by atoms with E-state index in [-0.39, 0.29) is 5.57 Å². The summed E-state index contributed by atoms with van der Waals surface area (Å²) in [7, 11) is 0. The number of morpholine rings is 1. The summed E-state index contributed by atoms with van der Waals surface area (Å²) in [5, 5.41) is 12.1. The Morgan fingerprint density at radius 1 is 1.15 bits per heavy atom. The number of benzene rings is 2. The molecule has 6 heteroatoms. The minimum Gasteiger partial charge on any atom is -0.378 e. The van der Waals surface area contributed by atoms with Crippen LogP contribution in [0.3, 0.4) is 0 Å². The lowest BCUT2D eigenvalue weighted by Gasteiger charge is -2.28. The van der Waals surface area contributed by atoms with Crippen molar-refractivity contribution in [3.05, 3.63) is 59.7 Å². The minimum absolute atomic E-state index is 0.0733. The van der Waals surface area contributed by atoms with Crippen LogP contribution < -0.4 is 10.2 Å². The van der Waals surface area contributed by atoms with Gasteiger partial charge in [-0.2, -0.15) is 5.26 Å². The topological polar surface area (TPSA) is 65.4 Å². The van der Waals surface area contributed by atoms with Gasteiger partial charge in [0.15, 0.2) is 0 Å². The normalized spacial score (nSPS) is 14.5. The van der Waals surface area contributed by atoms with E-state index in [1.165, 1.54) is 0 Å². The Balaban J connectivity index is 1.67. The number of carbonyl (C=O) groups excluding carboxylic acids is 1. The molecular weight excluding hydrogens is 358 g/mol. The molecule has 0 atom stereocenters. The van der Waals surface area contributed by atoms with Crippen molar-refractivity contribution in [3.8, 4) is 6.07 Å². The first-order chi connectivity index (χ1) is 13.2. The number of amides is 1. The smallest absolute Gasteiger partial charge is 0.266 e. The molecule has 1 aliphatic rings. The average molecular weight is 379 g/mol. The van der Waals surface area contributed by atoms with Crippen molar-refractivity contribution >= 4 is 35.1 Å². The van der Waals surface area contributed by atoms with Crippen molar-refractivity contribution in [2.75, 3.05) is 42.8 Å². The number of nitrogens with one attached hydrogen (secondary N) is 1. The van der Waals surface area contributed by atoms with E-state index in [4.69, 9.17) is 4.74 Å². The Kier molecular flexibility index (Phi) is 6.53. The highest BCUT2D eigenvalue weighted by molar-refractivity contribution is 7.98. The van der Waals surface area contributed by atoms with E-state index in [2.05, 4.69) is 10.2 Å². The highest BCUT2D eigenvalue weighted by Crippen LogP contribution is 2.20. The molecule has 0 unspecified atom stereocenters. The van der Waals surface area contributed by atoms with Crippen LogP contribution in [0, 0.1) is 11.3 Å². The van der Waals surface area contributed by atoms with Gasteiger partial charge in [-0.25, -0.2) is 0 Å². The molecule has 5 nitrogen and oxygen atoms in total. The molecule has 0 aliphatic carbocycles. The first-order valence-corrected chi connectivity index (χ1v) is 9.92. The van der Waals surface area contributed by atoms with Gasteiger partial charge >= 0.3 is 0 Å². The van der Waals surface area contributed by atoms with Crippen LogP contribution in [0.4, 0.5) is 11.4 Å². The lowest BCUT2D eigenvalue weighted by atomic mass is 10.1. The number of carbonyl (C=O) groups is 1. The second kappa shape index (κ2) is 9.26. The van der Waals surface area contributed by atoms with Crippen LogP contribution in [0.15, 0.2) is 59.0 Å². The van der Waals surface area contributed by atoms with Gasteiger partial charge < -0.3 is 15.0 Å². The largest absolute Gasteiger partial charge is 0.378 e. The highest BCUT2D eigenvalue weighted by atomic mass is 32.2. The summed E-state index contributed by atoms with van der Waals surface area (Å²) in [5.74, 6) is -0.412. The van der Waals surface area contributed by atoms with E-state index >= 15 is 0 Å². The molecule has 1 saturated heterocycles. The van der Waals surface area contributed by atoms with Crippen molar-refractivity contribution in [1.29, 1.82) is 5.26 Å². The molecule has 0 aromatic heterocycles. The Labute approximate surface area is 163 Å². The van der Waals surface area contributed by atoms with Crippen LogP contribution in [0.2, 0.25) is 0 Å². The molecule has 1 fully saturated rings. The van der Waals surface area contributed by atoms with E-state index in [0.717, 1.165) is 42.4 Å². The maximum absolute atomic E-state index is 12.4. The van der Waals surface area contributed by atoms with Gasteiger partial charge in [-0.1, -0.05) is 12.1 Å². The van der Waals surface area contributed by atoms with E-state index in [9.17, 15) is 10.1 Å². The molecule has 2 aromatic carbocycles. The van der Waals surface area contributed by atoms with Gasteiger partial charge in [0, 0.05) is 29.4 Å². The van der Waals surface area contributed by atoms with Gasteiger partial charge in [0.2, 0.25) is 0 Å². The van der Waals surface area contributed by atoms with Crippen molar-refractivity contribution in [1.82, 2.24) is 0 Å². The number of hydrogen-bond donors (Lipinski definition) is 1. The maximum atomic E-state index is 12.4. The number of rotatable bonds is 5. The molecule has 3 rings (SSSR count).